The van der Waals surface area contributed by atoms with Gasteiger partial charge in [-0.25, -0.2) is 4.98 Å². The topological polar surface area (TPSA) is 96.9 Å². The number of hydrogen-bond acceptors (Lipinski definition) is 7. The lowest BCUT2D eigenvalue weighted by molar-refractivity contribution is -0.384. The zero-order chi connectivity index (χ0) is 21.5. The van der Waals surface area contributed by atoms with Gasteiger partial charge in [0.25, 0.3) is 5.69 Å². The fourth-order valence-electron chi connectivity index (χ4n) is 4.47. The number of aromatic nitrogens is 2. The molecular weight excluding hydrogens is 396 g/mol. The number of nitrogens with zero attached hydrogens (tertiary/aromatic N) is 6. The molecular formula is C22H22N6O3. The van der Waals surface area contributed by atoms with Crippen molar-refractivity contribution in [1.29, 1.82) is 0 Å². The van der Waals surface area contributed by atoms with Crippen molar-refractivity contribution in [3.63, 3.8) is 0 Å². The normalized spacial score (nSPS) is 21.6. The second-order valence-electron chi connectivity index (χ2n) is 7.99. The van der Waals surface area contributed by atoms with Crippen LogP contribution in [0.1, 0.15) is 11.6 Å². The Morgan fingerprint density at radius 3 is 2.45 bits per heavy atom. The monoisotopic (exact) mass is 418 g/mol. The Morgan fingerprint density at radius 2 is 1.77 bits per heavy atom. The van der Waals surface area contributed by atoms with E-state index in [1.807, 2.05) is 28.8 Å². The van der Waals surface area contributed by atoms with E-state index in [1.54, 1.807) is 12.1 Å². The molecule has 9 heteroatoms. The maximum absolute atomic E-state index is 12.4. The number of para-hydroxylation sites is 2. The fraction of sp³-hybridized carbons (Fsp3) is 0.318. The number of piperazine rings is 1. The lowest BCUT2D eigenvalue weighted by atomic mass is 9.90. The van der Waals surface area contributed by atoms with Gasteiger partial charge in [0.15, 0.2) is 0 Å². The van der Waals surface area contributed by atoms with E-state index < -0.39 is 10.8 Å². The number of carbonyl (C=O) groups is 1. The zero-order valence-electron chi connectivity index (χ0n) is 17.1. The first-order valence-electron chi connectivity index (χ1n) is 10.3. The zero-order valence-corrected chi connectivity index (χ0v) is 17.1. The SMILES string of the molecule is CN1CCN(C2=Nc3nc4ccccc4n3C(c3ccc([N+](=O)[O-])cc3)C2C=O)CC1. The summed E-state index contributed by atoms with van der Waals surface area (Å²) in [4.78, 5) is 37.1. The first-order chi connectivity index (χ1) is 15.1. The number of rotatable bonds is 3. The molecule has 2 aliphatic rings. The van der Waals surface area contributed by atoms with Gasteiger partial charge >= 0.3 is 0 Å². The largest absolute Gasteiger partial charge is 0.357 e. The van der Waals surface area contributed by atoms with Crippen LogP contribution >= 0.6 is 0 Å². The number of hydrogen-bond donors (Lipinski definition) is 0. The minimum Gasteiger partial charge on any atom is -0.357 e. The van der Waals surface area contributed by atoms with Crippen LogP contribution in [0.25, 0.3) is 11.0 Å². The molecule has 9 nitrogen and oxygen atoms in total. The third kappa shape index (κ3) is 3.27. The Kier molecular flexibility index (Phi) is 4.74. The number of fused-ring (bicyclic) bond motifs is 3. The van der Waals surface area contributed by atoms with Crippen molar-refractivity contribution in [2.45, 2.75) is 6.04 Å². The van der Waals surface area contributed by atoms with Gasteiger partial charge in [-0.05, 0) is 24.7 Å². The van der Waals surface area contributed by atoms with Crippen molar-refractivity contribution in [3.05, 3.63) is 64.2 Å². The van der Waals surface area contributed by atoms with Crippen LogP contribution in [0.4, 0.5) is 11.6 Å². The molecule has 0 spiro atoms. The molecule has 2 atom stereocenters. The van der Waals surface area contributed by atoms with E-state index in [1.165, 1.54) is 12.1 Å². The van der Waals surface area contributed by atoms with E-state index in [0.717, 1.165) is 49.1 Å². The first kappa shape index (κ1) is 19.4. The standard InChI is InChI=1S/C22H22N6O3/c1-25-10-12-26(13-11-25)21-17(14-29)20(15-6-8-16(9-7-15)28(30)31)27-19-5-3-2-4-18(19)23-22(27)24-21/h2-9,14,17,20H,10-13H2,1H3. The second kappa shape index (κ2) is 7.59. The van der Waals surface area contributed by atoms with E-state index in [0.29, 0.717) is 11.8 Å². The Labute approximate surface area is 178 Å². The van der Waals surface area contributed by atoms with Gasteiger partial charge in [-0.2, -0.15) is 4.99 Å². The number of likely N-dealkylation sites (N-methyl/N-ethyl adjacent to an activating group) is 1. The van der Waals surface area contributed by atoms with Crippen molar-refractivity contribution < 1.29 is 9.72 Å². The smallest absolute Gasteiger partial charge is 0.269 e. The number of benzene rings is 2. The molecule has 1 saturated heterocycles. The molecule has 1 fully saturated rings. The molecule has 0 aliphatic carbocycles. The van der Waals surface area contributed by atoms with E-state index >= 15 is 0 Å². The number of aldehydes is 1. The molecule has 2 aromatic carbocycles. The summed E-state index contributed by atoms with van der Waals surface area (Å²) < 4.78 is 1.98. The third-order valence-corrected chi connectivity index (χ3v) is 6.13. The van der Waals surface area contributed by atoms with E-state index in [2.05, 4.69) is 16.8 Å². The number of imidazole rings is 1. The van der Waals surface area contributed by atoms with Gasteiger partial charge in [-0.15, -0.1) is 0 Å². The summed E-state index contributed by atoms with van der Waals surface area (Å²) in [5.41, 5.74) is 2.52. The minimum absolute atomic E-state index is 0.0193. The average molecular weight is 418 g/mol. The lowest BCUT2D eigenvalue weighted by Gasteiger charge is -2.40. The van der Waals surface area contributed by atoms with Crippen LogP contribution in [-0.4, -0.2) is 69.6 Å². The Bertz CT molecular complexity index is 1180. The quantitative estimate of drug-likeness (QED) is 0.369. The number of non-ortho nitro benzene ring substituents is 1. The van der Waals surface area contributed by atoms with Crippen LogP contribution in [0.5, 0.6) is 0 Å². The van der Waals surface area contributed by atoms with Crippen molar-refractivity contribution in [2.24, 2.45) is 10.9 Å². The van der Waals surface area contributed by atoms with Crippen LogP contribution in [-0.2, 0) is 4.79 Å². The molecule has 2 unspecified atom stereocenters. The number of aliphatic imine (C=N–C) groups is 1. The average Bonchev–Trinajstić information content (AvgIpc) is 3.16. The van der Waals surface area contributed by atoms with Gasteiger partial charge in [-0.3, -0.25) is 14.7 Å². The summed E-state index contributed by atoms with van der Waals surface area (Å²) in [6, 6.07) is 13.8. The Balaban J connectivity index is 1.67. The van der Waals surface area contributed by atoms with Gasteiger partial charge < -0.3 is 14.6 Å². The molecule has 2 aliphatic heterocycles. The van der Waals surface area contributed by atoms with Crippen LogP contribution in [0.2, 0.25) is 0 Å². The molecule has 5 rings (SSSR count). The third-order valence-electron chi connectivity index (χ3n) is 6.13. The maximum atomic E-state index is 12.4. The molecule has 158 valence electrons. The number of amidine groups is 1. The number of nitro benzene ring substituents is 1. The highest BCUT2D eigenvalue weighted by molar-refractivity contribution is 6.00. The molecule has 0 bridgehead atoms. The molecule has 0 amide bonds. The van der Waals surface area contributed by atoms with Crippen LogP contribution in [0, 0.1) is 16.0 Å². The Hall–Kier alpha value is -3.59. The van der Waals surface area contributed by atoms with Gasteiger partial charge in [-0.1, -0.05) is 24.3 Å². The van der Waals surface area contributed by atoms with Gasteiger partial charge in [0, 0.05) is 38.3 Å². The predicted octanol–water partition coefficient (Wildman–Crippen LogP) is 2.64. The number of nitro groups is 1. The highest BCUT2D eigenvalue weighted by Crippen LogP contribution is 2.40. The second-order valence-corrected chi connectivity index (χ2v) is 7.99. The van der Waals surface area contributed by atoms with Gasteiger partial charge in [0.2, 0.25) is 5.95 Å². The van der Waals surface area contributed by atoms with Gasteiger partial charge in [0.1, 0.15) is 12.1 Å². The van der Waals surface area contributed by atoms with E-state index in [9.17, 15) is 14.9 Å². The summed E-state index contributed by atoms with van der Waals surface area (Å²) in [6.07, 6.45) is 0.945. The fourth-order valence-corrected chi connectivity index (χ4v) is 4.47. The van der Waals surface area contributed by atoms with E-state index in [4.69, 9.17) is 9.98 Å². The summed E-state index contributed by atoms with van der Waals surface area (Å²) in [5, 5.41) is 11.1. The minimum atomic E-state index is -0.519. The molecule has 0 saturated carbocycles. The summed E-state index contributed by atoms with van der Waals surface area (Å²) >= 11 is 0. The molecule has 0 N–H and O–H groups in total. The van der Waals surface area contributed by atoms with Crippen LogP contribution in [0.3, 0.4) is 0 Å². The first-order valence-corrected chi connectivity index (χ1v) is 10.3. The molecule has 3 heterocycles. The Morgan fingerprint density at radius 1 is 1.06 bits per heavy atom. The van der Waals surface area contributed by atoms with Gasteiger partial charge in [0.05, 0.1) is 27.9 Å². The van der Waals surface area contributed by atoms with Crippen molar-refractivity contribution in [2.75, 3.05) is 33.2 Å². The van der Waals surface area contributed by atoms with Crippen molar-refractivity contribution in [3.8, 4) is 0 Å². The highest BCUT2D eigenvalue weighted by Gasteiger charge is 2.39. The molecule has 3 aromatic rings. The molecule has 31 heavy (non-hydrogen) atoms. The number of carbonyl (C=O) groups excluding carboxylic acids is 1. The molecule has 0 radical (unpaired) electrons. The van der Waals surface area contributed by atoms with Crippen LogP contribution < -0.4 is 0 Å². The van der Waals surface area contributed by atoms with E-state index in [-0.39, 0.29) is 11.7 Å². The lowest BCUT2D eigenvalue weighted by Crippen LogP contribution is -2.51. The summed E-state index contributed by atoms with van der Waals surface area (Å²) in [7, 11) is 2.08. The molecule has 1 aromatic heterocycles. The predicted molar refractivity (Wildman–Crippen MR) is 117 cm³/mol. The van der Waals surface area contributed by atoms with Crippen molar-refractivity contribution >= 4 is 34.8 Å². The summed E-state index contributed by atoms with van der Waals surface area (Å²) in [6.45, 7) is 3.35. The van der Waals surface area contributed by atoms with Crippen molar-refractivity contribution in [1.82, 2.24) is 19.4 Å². The highest BCUT2D eigenvalue weighted by atomic mass is 16.6. The van der Waals surface area contributed by atoms with Crippen LogP contribution in [0.15, 0.2) is 53.5 Å². The summed E-state index contributed by atoms with van der Waals surface area (Å²) in [5.74, 6) is 0.751. The maximum Gasteiger partial charge on any atom is 0.269 e.